The van der Waals surface area contributed by atoms with E-state index in [4.69, 9.17) is 14.2 Å². The Morgan fingerprint density at radius 3 is 2.71 bits per heavy atom. The number of hydrogen-bond acceptors (Lipinski definition) is 4. The van der Waals surface area contributed by atoms with Crippen LogP contribution in [0.4, 0.5) is 4.79 Å². The van der Waals surface area contributed by atoms with Gasteiger partial charge in [-0.15, -0.1) is 0 Å². The lowest BCUT2D eigenvalue weighted by molar-refractivity contribution is -0.0374. The molecule has 2 aromatic carbocycles. The Morgan fingerprint density at radius 2 is 1.93 bits per heavy atom. The van der Waals surface area contributed by atoms with Gasteiger partial charge >= 0.3 is 6.09 Å². The third kappa shape index (κ3) is 4.20. The van der Waals surface area contributed by atoms with Crippen LogP contribution in [0.1, 0.15) is 17.5 Å². The first kappa shape index (κ1) is 18.6. The molecule has 5 nitrogen and oxygen atoms in total. The van der Waals surface area contributed by atoms with E-state index in [-0.39, 0.29) is 24.8 Å². The predicted molar refractivity (Wildman–Crippen MR) is 106 cm³/mol. The SMILES string of the molecule is COc1cccc(CC2=CC3COCC(C2)N3C(=O)OCc2ccccc2)c1. The largest absolute Gasteiger partial charge is 0.497 e. The molecule has 1 saturated heterocycles. The number of ether oxygens (including phenoxy) is 3. The highest BCUT2D eigenvalue weighted by Crippen LogP contribution is 2.30. The summed E-state index contributed by atoms with van der Waals surface area (Å²) in [4.78, 5) is 14.6. The number of fused-ring (bicyclic) bond motifs is 2. The number of morpholine rings is 1. The van der Waals surface area contributed by atoms with Gasteiger partial charge in [-0.25, -0.2) is 4.79 Å². The lowest BCUT2D eigenvalue weighted by Gasteiger charge is -2.43. The number of methoxy groups -OCH3 is 1. The third-order valence-corrected chi connectivity index (χ3v) is 5.26. The quantitative estimate of drug-likeness (QED) is 0.738. The standard InChI is InChI=1S/C23H25NO4/c1-26-22-9-5-8-18(13-22)10-19-11-20-15-27-16-21(12-19)24(20)23(25)28-14-17-6-3-2-4-7-17/h2-9,11,13,20-21H,10,12,14-16H2,1H3. The maximum absolute atomic E-state index is 12.7. The summed E-state index contributed by atoms with van der Waals surface area (Å²) >= 11 is 0. The molecule has 2 aliphatic rings. The van der Waals surface area contributed by atoms with Crippen LogP contribution >= 0.6 is 0 Å². The molecule has 0 saturated carbocycles. The number of nitrogens with zero attached hydrogens (tertiary/aromatic N) is 1. The van der Waals surface area contributed by atoms with Crippen molar-refractivity contribution in [3.05, 3.63) is 77.4 Å². The number of hydrogen-bond donors (Lipinski definition) is 0. The van der Waals surface area contributed by atoms with Gasteiger partial charge in [-0.05, 0) is 36.1 Å². The van der Waals surface area contributed by atoms with E-state index in [0.717, 1.165) is 24.2 Å². The van der Waals surface area contributed by atoms with Gasteiger partial charge in [0.2, 0.25) is 0 Å². The zero-order valence-corrected chi connectivity index (χ0v) is 16.0. The van der Waals surface area contributed by atoms with E-state index in [2.05, 4.69) is 18.2 Å². The van der Waals surface area contributed by atoms with Crippen LogP contribution in [0.25, 0.3) is 0 Å². The van der Waals surface area contributed by atoms with E-state index >= 15 is 0 Å². The first-order valence-corrected chi connectivity index (χ1v) is 9.62. The number of rotatable bonds is 5. The van der Waals surface area contributed by atoms with Gasteiger partial charge in [0.1, 0.15) is 12.4 Å². The van der Waals surface area contributed by atoms with Crippen molar-refractivity contribution in [3.63, 3.8) is 0 Å². The second kappa shape index (κ2) is 8.48. The van der Waals surface area contributed by atoms with Gasteiger partial charge in [0.15, 0.2) is 0 Å². The van der Waals surface area contributed by atoms with Gasteiger partial charge in [0.05, 0.1) is 32.4 Å². The van der Waals surface area contributed by atoms with Crippen LogP contribution in [-0.2, 0) is 22.5 Å². The van der Waals surface area contributed by atoms with Crippen molar-refractivity contribution in [3.8, 4) is 5.75 Å². The monoisotopic (exact) mass is 379 g/mol. The lowest BCUT2D eigenvalue weighted by atomic mass is 9.90. The molecule has 2 bridgehead atoms. The number of carbonyl (C=O) groups excluding carboxylic acids is 1. The van der Waals surface area contributed by atoms with Crippen molar-refractivity contribution in [2.75, 3.05) is 20.3 Å². The van der Waals surface area contributed by atoms with Crippen LogP contribution in [-0.4, -0.2) is 43.4 Å². The average molecular weight is 379 g/mol. The summed E-state index contributed by atoms with van der Waals surface area (Å²) in [5, 5.41) is 0. The van der Waals surface area contributed by atoms with E-state index in [0.29, 0.717) is 13.2 Å². The fourth-order valence-corrected chi connectivity index (χ4v) is 3.94. The van der Waals surface area contributed by atoms with Crippen LogP contribution in [0.5, 0.6) is 5.75 Å². The zero-order chi connectivity index (χ0) is 19.3. The van der Waals surface area contributed by atoms with Gasteiger partial charge in [-0.3, -0.25) is 4.90 Å². The van der Waals surface area contributed by atoms with Gasteiger partial charge in [0, 0.05) is 0 Å². The Bertz CT molecular complexity index is 849. The fourth-order valence-electron chi connectivity index (χ4n) is 3.94. The second-order valence-electron chi connectivity index (χ2n) is 7.26. The molecule has 146 valence electrons. The molecule has 4 rings (SSSR count). The van der Waals surface area contributed by atoms with Gasteiger partial charge in [0.25, 0.3) is 0 Å². The Hall–Kier alpha value is -2.79. The molecule has 2 atom stereocenters. The molecule has 2 aliphatic heterocycles. The Balaban J connectivity index is 1.44. The molecule has 0 aliphatic carbocycles. The smallest absolute Gasteiger partial charge is 0.411 e. The van der Waals surface area contributed by atoms with Crippen LogP contribution in [0.2, 0.25) is 0 Å². The first-order chi connectivity index (χ1) is 13.7. The van der Waals surface area contributed by atoms with Crippen molar-refractivity contribution in [1.29, 1.82) is 0 Å². The van der Waals surface area contributed by atoms with Crippen molar-refractivity contribution in [2.24, 2.45) is 0 Å². The second-order valence-corrected chi connectivity index (χ2v) is 7.26. The Kier molecular flexibility index (Phi) is 5.63. The van der Waals surface area contributed by atoms with Crippen molar-refractivity contribution in [1.82, 2.24) is 4.90 Å². The third-order valence-electron chi connectivity index (χ3n) is 5.26. The van der Waals surface area contributed by atoms with Gasteiger partial charge in [-0.1, -0.05) is 54.1 Å². The van der Waals surface area contributed by atoms with Gasteiger partial charge in [-0.2, -0.15) is 0 Å². The van der Waals surface area contributed by atoms with E-state index in [1.807, 2.05) is 47.4 Å². The fraction of sp³-hybridized carbons (Fsp3) is 0.348. The Labute approximate surface area is 165 Å². The van der Waals surface area contributed by atoms with E-state index < -0.39 is 0 Å². The highest BCUT2D eigenvalue weighted by molar-refractivity contribution is 5.69. The molecule has 0 aromatic heterocycles. The maximum Gasteiger partial charge on any atom is 0.411 e. The molecule has 0 N–H and O–H groups in total. The minimum Gasteiger partial charge on any atom is -0.497 e. The Morgan fingerprint density at radius 1 is 1.11 bits per heavy atom. The maximum atomic E-state index is 12.7. The lowest BCUT2D eigenvalue weighted by Crippen LogP contribution is -2.56. The normalized spacial score (nSPS) is 21.0. The summed E-state index contributed by atoms with van der Waals surface area (Å²) in [6.07, 6.45) is 3.56. The van der Waals surface area contributed by atoms with E-state index in [9.17, 15) is 4.79 Å². The minimum atomic E-state index is -0.265. The molecule has 0 radical (unpaired) electrons. The minimum absolute atomic E-state index is 0.0210. The van der Waals surface area contributed by atoms with Gasteiger partial charge < -0.3 is 14.2 Å². The highest BCUT2D eigenvalue weighted by atomic mass is 16.6. The summed E-state index contributed by atoms with van der Waals surface area (Å²) < 4.78 is 16.6. The molecular formula is C23H25NO4. The molecular weight excluding hydrogens is 354 g/mol. The zero-order valence-electron chi connectivity index (χ0n) is 16.0. The molecule has 2 aromatic rings. The van der Waals surface area contributed by atoms with Crippen molar-refractivity contribution < 1.29 is 19.0 Å². The first-order valence-electron chi connectivity index (χ1n) is 9.62. The van der Waals surface area contributed by atoms with Crippen molar-refractivity contribution in [2.45, 2.75) is 31.5 Å². The highest BCUT2D eigenvalue weighted by Gasteiger charge is 2.38. The van der Waals surface area contributed by atoms with Crippen LogP contribution in [0, 0.1) is 0 Å². The summed E-state index contributed by atoms with van der Waals surface area (Å²) in [5.74, 6) is 0.864. The van der Waals surface area contributed by atoms with E-state index in [1.54, 1.807) is 7.11 Å². The summed E-state index contributed by atoms with van der Waals surface area (Å²) in [6, 6.07) is 17.8. The summed E-state index contributed by atoms with van der Waals surface area (Å²) in [5.41, 5.74) is 3.53. The van der Waals surface area contributed by atoms with Crippen LogP contribution in [0.3, 0.4) is 0 Å². The molecule has 5 heteroatoms. The summed E-state index contributed by atoms with van der Waals surface area (Å²) in [6.45, 7) is 1.35. The molecule has 1 fully saturated rings. The molecule has 0 spiro atoms. The average Bonchev–Trinajstić information content (AvgIpc) is 2.72. The number of amides is 1. The topological polar surface area (TPSA) is 48.0 Å². The molecule has 1 amide bonds. The predicted octanol–water partition coefficient (Wildman–Crippen LogP) is 3.97. The van der Waals surface area contributed by atoms with Crippen LogP contribution in [0.15, 0.2) is 66.2 Å². The van der Waals surface area contributed by atoms with E-state index in [1.165, 1.54) is 11.1 Å². The van der Waals surface area contributed by atoms with Crippen molar-refractivity contribution >= 4 is 6.09 Å². The molecule has 2 unspecified atom stereocenters. The molecule has 2 heterocycles. The number of benzene rings is 2. The molecule has 28 heavy (non-hydrogen) atoms. The van der Waals surface area contributed by atoms with Crippen LogP contribution < -0.4 is 4.74 Å². The number of carbonyl (C=O) groups is 1. The summed E-state index contributed by atoms with van der Waals surface area (Å²) in [7, 11) is 1.68.